The molecule has 10 nitrogen and oxygen atoms in total. The molecule has 0 saturated heterocycles. The van der Waals surface area contributed by atoms with E-state index in [1.807, 2.05) is 61.3 Å². The first kappa shape index (κ1) is 31.4. The minimum absolute atomic E-state index is 0.00800. The molecular weight excluding hydrogens is 544 g/mol. The fourth-order valence-electron chi connectivity index (χ4n) is 4.20. The van der Waals surface area contributed by atoms with Crippen molar-refractivity contribution in [2.45, 2.75) is 57.0 Å². The van der Waals surface area contributed by atoms with Gasteiger partial charge in [0.25, 0.3) is 0 Å². The van der Waals surface area contributed by atoms with Crippen LogP contribution in [0.15, 0.2) is 65.8 Å². The summed E-state index contributed by atoms with van der Waals surface area (Å²) in [6.07, 6.45) is -0.911. The minimum Gasteiger partial charge on any atom is -0.548 e. The molecule has 0 aliphatic rings. The molecule has 0 bridgehead atoms. The van der Waals surface area contributed by atoms with Crippen molar-refractivity contribution in [3.63, 3.8) is 0 Å². The van der Waals surface area contributed by atoms with E-state index < -0.39 is 30.1 Å². The number of amides is 2. The van der Waals surface area contributed by atoms with E-state index in [0.29, 0.717) is 0 Å². The summed E-state index contributed by atoms with van der Waals surface area (Å²) in [4.78, 5) is 50.2. The van der Waals surface area contributed by atoms with Gasteiger partial charge in [0.15, 0.2) is 0 Å². The molecule has 2 N–H and O–H groups in total. The first-order valence-electron chi connectivity index (χ1n) is 13.3. The van der Waals surface area contributed by atoms with Gasteiger partial charge in [0.05, 0.1) is 31.9 Å². The van der Waals surface area contributed by atoms with E-state index in [4.69, 9.17) is 4.74 Å². The highest BCUT2D eigenvalue weighted by molar-refractivity contribution is 7.99. The summed E-state index contributed by atoms with van der Waals surface area (Å²) < 4.78 is 9.26. The zero-order valence-corrected chi connectivity index (χ0v) is 24.5. The SMILES string of the molecule is Cc1c(C)[n+](C)c(SCC(=O)CCC(NC(=O)C(Cc2ccccc2)NC(=O)OCc2ccccc2)C(=O)[O-])n1C. The monoisotopic (exact) mass is 580 g/mol. The molecule has 2 aromatic carbocycles. The van der Waals surface area contributed by atoms with Crippen LogP contribution in [0.4, 0.5) is 4.79 Å². The molecule has 1 heterocycles. The Labute approximate surface area is 244 Å². The zero-order chi connectivity index (χ0) is 29.9. The van der Waals surface area contributed by atoms with Crippen molar-refractivity contribution < 1.29 is 33.6 Å². The summed E-state index contributed by atoms with van der Waals surface area (Å²) in [5.74, 6) is -2.23. The van der Waals surface area contributed by atoms with Crippen LogP contribution in [0, 0.1) is 13.8 Å². The lowest BCUT2D eigenvalue weighted by molar-refractivity contribution is -0.715. The van der Waals surface area contributed by atoms with Crippen molar-refractivity contribution in [2.75, 3.05) is 5.75 Å². The molecule has 2 amide bonds. The average molecular weight is 581 g/mol. The summed E-state index contributed by atoms with van der Waals surface area (Å²) >= 11 is 1.37. The number of hydrogen-bond acceptors (Lipinski definition) is 7. The largest absolute Gasteiger partial charge is 0.548 e. The molecule has 0 aliphatic heterocycles. The maximum absolute atomic E-state index is 13.2. The van der Waals surface area contributed by atoms with Crippen LogP contribution >= 0.6 is 11.8 Å². The van der Waals surface area contributed by atoms with Crippen LogP contribution in [0.3, 0.4) is 0 Å². The molecule has 218 valence electrons. The molecule has 3 rings (SSSR count). The van der Waals surface area contributed by atoms with Crippen molar-refractivity contribution in [3.05, 3.63) is 83.2 Å². The number of hydrogen-bond donors (Lipinski definition) is 2. The maximum atomic E-state index is 13.2. The van der Waals surface area contributed by atoms with Crippen LogP contribution in [-0.4, -0.2) is 46.2 Å². The smallest absolute Gasteiger partial charge is 0.408 e. The molecule has 41 heavy (non-hydrogen) atoms. The van der Waals surface area contributed by atoms with Gasteiger partial charge in [-0.2, -0.15) is 0 Å². The fourth-order valence-corrected chi connectivity index (χ4v) is 5.30. The average Bonchev–Trinajstić information content (AvgIpc) is 3.15. The van der Waals surface area contributed by atoms with Crippen molar-refractivity contribution in [1.82, 2.24) is 15.2 Å². The quantitative estimate of drug-likeness (QED) is 0.219. The normalized spacial score (nSPS) is 12.3. The molecule has 1 aromatic heterocycles. The highest BCUT2D eigenvalue weighted by Gasteiger charge is 2.26. The number of nitrogens with one attached hydrogen (secondary N) is 2. The Bertz CT molecular complexity index is 1330. The van der Waals surface area contributed by atoms with E-state index in [-0.39, 0.29) is 37.4 Å². The second-order valence-corrected chi connectivity index (χ2v) is 10.7. The molecule has 2 atom stereocenters. The fraction of sp³-hybridized carbons (Fsp3) is 0.367. The van der Waals surface area contributed by atoms with E-state index in [2.05, 4.69) is 10.6 Å². The third-order valence-corrected chi connectivity index (χ3v) is 8.16. The number of carbonyl (C=O) groups is 4. The van der Waals surface area contributed by atoms with Gasteiger partial charge in [-0.3, -0.25) is 9.59 Å². The van der Waals surface area contributed by atoms with Gasteiger partial charge in [-0.25, -0.2) is 13.9 Å². The number of rotatable bonds is 14. The Morgan fingerprint density at radius 1 is 0.951 bits per heavy atom. The topological polar surface area (TPSA) is 133 Å². The van der Waals surface area contributed by atoms with Gasteiger partial charge in [0.1, 0.15) is 29.8 Å². The Morgan fingerprint density at radius 2 is 1.56 bits per heavy atom. The molecule has 0 spiro atoms. The van der Waals surface area contributed by atoms with Gasteiger partial charge >= 0.3 is 11.2 Å². The van der Waals surface area contributed by atoms with Crippen molar-refractivity contribution >= 4 is 35.5 Å². The second-order valence-electron chi connectivity index (χ2n) is 9.77. The number of aromatic nitrogens is 2. The number of thioether (sulfide) groups is 1. The van der Waals surface area contributed by atoms with E-state index >= 15 is 0 Å². The summed E-state index contributed by atoms with van der Waals surface area (Å²) in [5, 5.41) is 17.7. The van der Waals surface area contributed by atoms with Gasteiger partial charge < -0.3 is 25.3 Å². The highest BCUT2D eigenvalue weighted by Crippen LogP contribution is 2.18. The lowest BCUT2D eigenvalue weighted by atomic mass is 10.0. The number of Topliss-reactive ketones (excluding diaryl/α,β-unsaturated/α-hetero) is 1. The Kier molecular flexibility index (Phi) is 11.5. The van der Waals surface area contributed by atoms with Crippen LogP contribution in [0.2, 0.25) is 0 Å². The predicted molar refractivity (Wildman–Crippen MR) is 152 cm³/mol. The predicted octanol–water partition coefficient (Wildman–Crippen LogP) is 1.68. The minimum atomic E-state index is -1.51. The van der Waals surface area contributed by atoms with Gasteiger partial charge in [0, 0.05) is 26.7 Å². The Balaban J connectivity index is 1.59. The zero-order valence-electron chi connectivity index (χ0n) is 23.7. The number of ether oxygens (including phenoxy) is 1. The lowest BCUT2D eigenvalue weighted by Crippen LogP contribution is -2.55. The van der Waals surface area contributed by atoms with Crippen molar-refractivity contribution in [1.29, 1.82) is 0 Å². The van der Waals surface area contributed by atoms with Gasteiger partial charge in [-0.05, 0) is 29.3 Å². The van der Waals surface area contributed by atoms with E-state index in [1.54, 1.807) is 36.4 Å². The number of alkyl carbamates (subject to hydrolysis) is 1. The summed E-state index contributed by atoms with van der Waals surface area (Å²) in [5.41, 5.74) is 3.71. The molecule has 0 saturated carbocycles. The first-order chi connectivity index (χ1) is 19.6. The third-order valence-electron chi connectivity index (χ3n) is 6.88. The third kappa shape index (κ3) is 9.21. The summed E-state index contributed by atoms with van der Waals surface area (Å²) in [7, 11) is 3.85. The van der Waals surface area contributed by atoms with Crippen molar-refractivity contribution in [3.8, 4) is 0 Å². The number of benzene rings is 2. The van der Waals surface area contributed by atoms with E-state index in [1.165, 1.54) is 11.8 Å². The number of carboxylic acids is 1. The van der Waals surface area contributed by atoms with Gasteiger partial charge in [-0.15, -0.1) is 0 Å². The Morgan fingerprint density at radius 3 is 2.12 bits per heavy atom. The summed E-state index contributed by atoms with van der Waals surface area (Å²) in [6.45, 7) is 4.00. The van der Waals surface area contributed by atoms with Crippen LogP contribution in [0.1, 0.15) is 35.4 Å². The van der Waals surface area contributed by atoms with Crippen LogP contribution in [0.25, 0.3) is 0 Å². The number of nitrogens with zero attached hydrogens (tertiary/aromatic N) is 2. The number of aliphatic carboxylic acids is 1. The number of ketones is 1. The lowest BCUT2D eigenvalue weighted by Gasteiger charge is -2.24. The molecule has 11 heteroatoms. The first-order valence-corrected chi connectivity index (χ1v) is 14.2. The van der Waals surface area contributed by atoms with Gasteiger partial charge in [-0.1, -0.05) is 60.7 Å². The van der Waals surface area contributed by atoms with E-state index in [9.17, 15) is 24.3 Å². The molecular formula is C30H36N4O6S. The summed E-state index contributed by atoms with van der Waals surface area (Å²) in [6, 6.07) is 15.5. The number of imidazole rings is 1. The van der Waals surface area contributed by atoms with Crippen LogP contribution < -0.4 is 20.3 Å². The number of carbonyl (C=O) groups excluding carboxylic acids is 4. The molecule has 0 fully saturated rings. The molecule has 0 aliphatic carbocycles. The highest BCUT2D eigenvalue weighted by atomic mass is 32.2. The van der Waals surface area contributed by atoms with E-state index in [0.717, 1.165) is 27.7 Å². The second kappa shape index (κ2) is 15.0. The maximum Gasteiger partial charge on any atom is 0.408 e. The van der Waals surface area contributed by atoms with Crippen molar-refractivity contribution in [2.24, 2.45) is 14.1 Å². The Hall–Kier alpha value is -4.12. The molecule has 0 radical (unpaired) electrons. The van der Waals surface area contributed by atoms with Crippen LogP contribution in [0.5, 0.6) is 0 Å². The van der Waals surface area contributed by atoms with Gasteiger partial charge in [0.2, 0.25) is 5.91 Å². The number of carboxylic acid groups (broad SMARTS) is 1. The molecule has 3 aromatic rings. The van der Waals surface area contributed by atoms with Crippen LogP contribution in [-0.2, 0) is 46.2 Å². The molecule has 2 unspecified atom stereocenters. The standard InChI is InChI=1S/C30H36N4O6S/c1-20-21(2)34(4)30(33(20)3)41-19-24(35)15-16-25(28(37)38)31-27(36)26(17-22-11-7-5-8-12-22)32-29(39)40-18-23-13-9-6-10-14-23/h5-14,25-26H,15-19H2,1-4H3,(H2-,31,32,36,37,38,39).